The van der Waals surface area contributed by atoms with E-state index in [0.29, 0.717) is 12.2 Å². The molecule has 18 heavy (non-hydrogen) atoms. The highest BCUT2D eigenvalue weighted by atomic mass is 32.2. The van der Waals surface area contributed by atoms with Gasteiger partial charge in [-0.25, -0.2) is 9.59 Å². The van der Waals surface area contributed by atoms with Crippen LogP contribution >= 0.6 is 11.8 Å². The second-order valence-corrected chi connectivity index (χ2v) is 4.29. The first-order valence-electron chi connectivity index (χ1n) is 5.43. The fraction of sp³-hybridized carbons (Fsp3) is 0.700. The molecular weight excluding hydrogens is 260 g/mol. The number of carbonyl (C=O) groups excluding carboxylic acids is 2. The molecule has 0 aromatic rings. The second kappa shape index (κ2) is 9.58. The molecule has 7 nitrogen and oxygen atoms in total. The third-order valence-electron chi connectivity index (χ3n) is 1.91. The molecule has 0 aliphatic carbocycles. The number of hydrogen-bond donors (Lipinski definition) is 3. The quantitative estimate of drug-likeness (QED) is 0.542. The number of carbonyl (C=O) groups is 3. The van der Waals surface area contributed by atoms with Gasteiger partial charge in [0.1, 0.15) is 12.6 Å². The van der Waals surface area contributed by atoms with E-state index in [1.165, 1.54) is 11.8 Å². The van der Waals surface area contributed by atoms with E-state index in [0.717, 1.165) is 0 Å². The maximum Gasteiger partial charge on any atom is 0.326 e. The highest BCUT2D eigenvalue weighted by Gasteiger charge is 2.19. The van der Waals surface area contributed by atoms with Crippen molar-refractivity contribution in [1.82, 2.24) is 10.6 Å². The number of thioether (sulfide) groups is 1. The topological polar surface area (TPSA) is 105 Å². The van der Waals surface area contributed by atoms with Crippen LogP contribution in [0.5, 0.6) is 0 Å². The Bertz CT molecular complexity index is 298. The molecule has 0 rings (SSSR count). The zero-order valence-electron chi connectivity index (χ0n) is 10.4. The Morgan fingerprint density at radius 1 is 1.39 bits per heavy atom. The summed E-state index contributed by atoms with van der Waals surface area (Å²) in [5, 5.41) is 13.4. The molecule has 0 saturated carbocycles. The molecule has 0 aliphatic rings. The number of rotatable bonds is 8. The minimum atomic E-state index is -1.10. The molecule has 0 fully saturated rings. The lowest BCUT2D eigenvalue weighted by molar-refractivity contribution is -0.141. The highest BCUT2D eigenvalue weighted by Crippen LogP contribution is 2.00. The highest BCUT2D eigenvalue weighted by molar-refractivity contribution is 7.98. The van der Waals surface area contributed by atoms with E-state index in [-0.39, 0.29) is 13.2 Å². The summed E-state index contributed by atoms with van der Waals surface area (Å²) in [5.74, 6) is -1.05. The van der Waals surface area contributed by atoms with Crippen molar-refractivity contribution in [2.45, 2.75) is 19.4 Å². The maximum atomic E-state index is 11.3. The van der Waals surface area contributed by atoms with Gasteiger partial charge in [0.05, 0.1) is 6.61 Å². The first-order chi connectivity index (χ1) is 8.51. The lowest BCUT2D eigenvalue weighted by atomic mass is 10.2. The number of ether oxygens (including phenoxy) is 1. The summed E-state index contributed by atoms with van der Waals surface area (Å²) < 4.78 is 4.61. The van der Waals surface area contributed by atoms with Crippen molar-refractivity contribution in [3.8, 4) is 0 Å². The lowest BCUT2D eigenvalue weighted by Gasteiger charge is -2.14. The fourth-order valence-electron chi connectivity index (χ4n) is 1.07. The van der Waals surface area contributed by atoms with Crippen LogP contribution in [0.1, 0.15) is 13.3 Å². The Hall–Kier alpha value is -1.44. The molecule has 0 heterocycles. The number of carboxylic acid groups (broad SMARTS) is 1. The fourth-order valence-corrected chi connectivity index (χ4v) is 1.54. The molecule has 104 valence electrons. The molecule has 0 spiro atoms. The van der Waals surface area contributed by atoms with Crippen molar-refractivity contribution in [2.75, 3.05) is 25.2 Å². The summed E-state index contributed by atoms with van der Waals surface area (Å²) in [6.45, 7) is 1.60. The summed E-state index contributed by atoms with van der Waals surface area (Å²) in [4.78, 5) is 33.1. The Morgan fingerprint density at radius 2 is 2.06 bits per heavy atom. The third kappa shape index (κ3) is 7.77. The Kier molecular flexibility index (Phi) is 8.81. The van der Waals surface area contributed by atoms with Crippen LogP contribution in [-0.2, 0) is 14.3 Å². The minimum absolute atomic E-state index is 0.230. The number of aliphatic carboxylic acids is 1. The average molecular weight is 278 g/mol. The van der Waals surface area contributed by atoms with Crippen LogP contribution in [0.2, 0.25) is 0 Å². The van der Waals surface area contributed by atoms with Gasteiger partial charge in [-0.15, -0.1) is 0 Å². The second-order valence-electron chi connectivity index (χ2n) is 3.30. The van der Waals surface area contributed by atoms with Gasteiger partial charge in [-0.2, -0.15) is 11.8 Å². The molecular formula is C10H18N2O5S. The minimum Gasteiger partial charge on any atom is -0.480 e. The molecule has 0 aliphatic heterocycles. The zero-order valence-corrected chi connectivity index (χ0v) is 11.2. The maximum absolute atomic E-state index is 11.3. The number of carboxylic acids is 1. The molecule has 0 unspecified atom stereocenters. The largest absolute Gasteiger partial charge is 0.480 e. The molecule has 0 aromatic heterocycles. The molecule has 0 radical (unpaired) electrons. The molecule has 8 heteroatoms. The number of nitrogens with one attached hydrogen (secondary N) is 2. The van der Waals surface area contributed by atoms with Crippen LogP contribution in [0.3, 0.4) is 0 Å². The van der Waals surface area contributed by atoms with Crippen LogP contribution in [0.4, 0.5) is 4.79 Å². The van der Waals surface area contributed by atoms with E-state index in [9.17, 15) is 14.4 Å². The molecule has 0 aromatic carbocycles. The smallest absolute Gasteiger partial charge is 0.326 e. The Morgan fingerprint density at radius 3 is 2.56 bits per heavy atom. The standard InChI is InChI=1S/C10H18N2O5S/c1-3-17-8(13)6-11-10(16)12-7(9(14)15)4-5-18-2/h7H,3-6H2,1-2H3,(H,14,15)(H2,11,12,16)/t7-/m0/s1. The predicted octanol–water partition coefficient (Wildman–Crippen LogP) is 0.0550. The molecule has 3 N–H and O–H groups in total. The van der Waals surface area contributed by atoms with E-state index >= 15 is 0 Å². The van der Waals surface area contributed by atoms with E-state index in [4.69, 9.17) is 5.11 Å². The van der Waals surface area contributed by atoms with Crippen molar-refractivity contribution in [3.05, 3.63) is 0 Å². The van der Waals surface area contributed by atoms with Crippen LogP contribution in [0.15, 0.2) is 0 Å². The van der Waals surface area contributed by atoms with E-state index in [1.807, 2.05) is 6.26 Å². The van der Waals surface area contributed by atoms with Gasteiger partial charge in [-0.3, -0.25) is 4.79 Å². The van der Waals surface area contributed by atoms with Gasteiger partial charge in [-0.05, 0) is 25.4 Å². The molecule has 0 bridgehead atoms. The summed E-state index contributed by atoms with van der Waals surface area (Å²) in [6, 6.07) is -1.66. The SMILES string of the molecule is CCOC(=O)CNC(=O)N[C@@H](CCSC)C(=O)O. The summed E-state index contributed by atoms with van der Waals surface area (Å²) >= 11 is 1.49. The molecule has 2 amide bonds. The number of esters is 1. The average Bonchev–Trinajstić information content (AvgIpc) is 2.32. The van der Waals surface area contributed by atoms with Gasteiger partial charge in [-0.1, -0.05) is 0 Å². The van der Waals surface area contributed by atoms with Crippen molar-refractivity contribution in [1.29, 1.82) is 0 Å². The van der Waals surface area contributed by atoms with E-state index < -0.39 is 24.0 Å². The first kappa shape index (κ1) is 16.6. The van der Waals surface area contributed by atoms with E-state index in [2.05, 4.69) is 15.4 Å². The van der Waals surface area contributed by atoms with Crippen LogP contribution in [0.25, 0.3) is 0 Å². The number of amides is 2. The van der Waals surface area contributed by atoms with E-state index in [1.54, 1.807) is 6.92 Å². The molecule has 1 atom stereocenters. The summed E-state index contributed by atoms with van der Waals surface area (Å²) in [5.41, 5.74) is 0. The lowest BCUT2D eigenvalue weighted by Crippen LogP contribution is -2.47. The van der Waals surface area contributed by atoms with Gasteiger partial charge in [0.25, 0.3) is 0 Å². The number of hydrogen-bond acceptors (Lipinski definition) is 5. The Balaban J connectivity index is 4.02. The van der Waals surface area contributed by atoms with Gasteiger partial charge < -0.3 is 20.5 Å². The van der Waals surface area contributed by atoms with Crippen molar-refractivity contribution in [3.63, 3.8) is 0 Å². The summed E-state index contributed by atoms with van der Waals surface area (Å²) in [7, 11) is 0. The third-order valence-corrected chi connectivity index (χ3v) is 2.56. The number of urea groups is 1. The van der Waals surface area contributed by atoms with Gasteiger partial charge >= 0.3 is 18.0 Å². The predicted molar refractivity (Wildman–Crippen MR) is 67.6 cm³/mol. The monoisotopic (exact) mass is 278 g/mol. The normalized spacial score (nSPS) is 11.4. The zero-order chi connectivity index (χ0) is 14.0. The first-order valence-corrected chi connectivity index (χ1v) is 6.82. The van der Waals surface area contributed by atoms with Crippen molar-refractivity contribution in [2.24, 2.45) is 0 Å². The molecule has 0 saturated heterocycles. The van der Waals surface area contributed by atoms with Gasteiger partial charge in [0.15, 0.2) is 0 Å². The summed E-state index contributed by atoms with van der Waals surface area (Å²) in [6.07, 6.45) is 2.17. The van der Waals surface area contributed by atoms with Crippen LogP contribution in [-0.4, -0.2) is 54.3 Å². The Labute approximate surface area is 110 Å². The van der Waals surface area contributed by atoms with Gasteiger partial charge in [0, 0.05) is 0 Å². The van der Waals surface area contributed by atoms with Crippen molar-refractivity contribution < 1.29 is 24.2 Å². The van der Waals surface area contributed by atoms with Gasteiger partial charge in [0.2, 0.25) is 0 Å². The van der Waals surface area contributed by atoms with Crippen molar-refractivity contribution >= 4 is 29.7 Å². The van der Waals surface area contributed by atoms with Crippen LogP contribution in [0, 0.1) is 0 Å². The van der Waals surface area contributed by atoms with Crippen LogP contribution < -0.4 is 10.6 Å².